The van der Waals surface area contributed by atoms with Gasteiger partial charge in [0, 0.05) is 36.1 Å². The van der Waals surface area contributed by atoms with Gasteiger partial charge in [-0.25, -0.2) is 4.39 Å². The molecule has 0 radical (unpaired) electrons. The van der Waals surface area contributed by atoms with Gasteiger partial charge in [0.15, 0.2) is 0 Å². The molecule has 0 aliphatic rings. The fourth-order valence-electron chi connectivity index (χ4n) is 3.27. The molecule has 26 heavy (non-hydrogen) atoms. The van der Waals surface area contributed by atoms with Gasteiger partial charge in [0.25, 0.3) is 0 Å². The summed E-state index contributed by atoms with van der Waals surface area (Å²) in [5, 5.41) is 4.16. The summed E-state index contributed by atoms with van der Waals surface area (Å²) >= 11 is 0. The highest BCUT2D eigenvalue weighted by Gasteiger charge is 2.10. The number of aromatic nitrogens is 1. The topological polar surface area (TPSA) is 34.0 Å². The third kappa shape index (κ3) is 4.51. The quantitative estimate of drug-likeness (QED) is 0.658. The number of benzene rings is 2. The van der Waals surface area contributed by atoms with Crippen molar-refractivity contribution in [3.63, 3.8) is 0 Å². The van der Waals surface area contributed by atoms with Crippen molar-refractivity contribution in [1.82, 2.24) is 9.88 Å². The Kier molecular flexibility index (Phi) is 5.71. The number of para-hydroxylation sites is 1. The van der Waals surface area contributed by atoms with Crippen LogP contribution in [-0.4, -0.2) is 16.5 Å². The van der Waals surface area contributed by atoms with Crippen LogP contribution >= 0.6 is 0 Å². The zero-order valence-electron chi connectivity index (χ0n) is 15.3. The Morgan fingerprint density at radius 2 is 1.85 bits per heavy atom. The van der Waals surface area contributed by atoms with Crippen molar-refractivity contribution in [3.8, 4) is 0 Å². The predicted octanol–water partition coefficient (Wildman–Crippen LogP) is 4.68. The average molecular weight is 352 g/mol. The Balaban J connectivity index is 1.74. The molecule has 0 spiro atoms. The molecule has 0 saturated heterocycles. The van der Waals surface area contributed by atoms with Gasteiger partial charge in [-0.05, 0) is 56.0 Å². The fraction of sp³-hybridized carbons (Fsp3) is 0.318. The third-order valence-electron chi connectivity index (χ3n) is 4.44. The Bertz CT molecular complexity index is 881. The molecule has 0 saturated carbocycles. The first kappa shape index (κ1) is 18.2. The number of nitrogens with zero attached hydrogens (tertiary/aromatic N) is 1. The van der Waals surface area contributed by atoms with Crippen LogP contribution in [-0.2, 0) is 17.8 Å². The minimum atomic E-state index is -0.216. The van der Waals surface area contributed by atoms with E-state index < -0.39 is 0 Å². The molecule has 2 aromatic carbocycles. The number of carbonyl (C=O) groups excluding carboxylic acids is 1. The van der Waals surface area contributed by atoms with Crippen LogP contribution in [0.15, 0.2) is 54.7 Å². The molecular formula is C22H25FN2O. The Labute approximate surface area is 153 Å². The van der Waals surface area contributed by atoms with Crippen LogP contribution in [0.4, 0.5) is 4.39 Å². The monoisotopic (exact) mass is 352 g/mol. The van der Waals surface area contributed by atoms with Gasteiger partial charge in [-0.1, -0.05) is 30.3 Å². The molecule has 0 bridgehead atoms. The Morgan fingerprint density at radius 3 is 2.58 bits per heavy atom. The van der Waals surface area contributed by atoms with E-state index in [1.165, 1.54) is 28.6 Å². The van der Waals surface area contributed by atoms with Crippen LogP contribution in [0.5, 0.6) is 0 Å². The number of aryl methyl sites for hydroxylation is 1. The second-order valence-electron chi connectivity index (χ2n) is 7.00. The molecule has 0 aliphatic heterocycles. The number of rotatable bonds is 7. The first-order valence-electron chi connectivity index (χ1n) is 9.13. The number of carbonyl (C=O) groups is 1. The summed E-state index contributed by atoms with van der Waals surface area (Å²) in [6.45, 7) is 4.65. The minimum absolute atomic E-state index is 0.107. The molecule has 1 amide bonds. The normalized spacial score (nSPS) is 11.2. The summed E-state index contributed by atoms with van der Waals surface area (Å²) in [7, 11) is 0. The fourth-order valence-corrected chi connectivity index (χ4v) is 3.27. The molecule has 0 atom stereocenters. The van der Waals surface area contributed by atoms with Gasteiger partial charge >= 0.3 is 0 Å². The van der Waals surface area contributed by atoms with Gasteiger partial charge < -0.3 is 9.88 Å². The first-order valence-corrected chi connectivity index (χ1v) is 9.13. The molecular weight excluding hydrogens is 327 g/mol. The van der Waals surface area contributed by atoms with Gasteiger partial charge in [0.05, 0.1) is 0 Å². The maximum Gasteiger partial charge on any atom is 0.220 e. The molecule has 1 heterocycles. The van der Waals surface area contributed by atoms with Gasteiger partial charge in [0.1, 0.15) is 5.82 Å². The van der Waals surface area contributed by atoms with E-state index in [-0.39, 0.29) is 17.8 Å². The van der Waals surface area contributed by atoms with E-state index in [4.69, 9.17) is 0 Å². The molecule has 4 heteroatoms. The molecule has 1 N–H and O–H groups in total. The first-order chi connectivity index (χ1) is 12.5. The number of nitrogens with one attached hydrogen (secondary N) is 1. The van der Waals surface area contributed by atoms with Crippen LogP contribution in [0.2, 0.25) is 0 Å². The van der Waals surface area contributed by atoms with Crippen molar-refractivity contribution in [2.24, 2.45) is 0 Å². The second kappa shape index (κ2) is 8.17. The molecule has 0 aliphatic carbocycles. The van der Waals surface area contributed by atoms with Gasteiger partial charge in [-0.15, -0.1) is 0 Å². The lowest BCUT2D eigenvalue weighted by molar-refractivity contribution is -0.121. The molecule has 1 aromatic heterocycles. The van der Waals surface area contributed by atoms with E-state index in [0.29, 0.717) is 13.0 Å². The van der Waals surface area contributed by atoms with Gasteiger partial charge in [-0.3, -0.25) is 4.79 Å². The standard InChI is InChI=1S/C22H25FN2O/c1-16(2)24-22(26)9-5-6-18-15-25(21-8-4-3-7-20(18)21)14-17-10-12-19(23)13-11-17/h3-4,7-8,10-13,15-16H,5-6,9,14H2,1-2H3,(H,24,26). The van der Waals surface area contributed by atoms with Crippen molar-refractivity contribution >= 4 is 16.8 Å². The van der Waals surface area contributed by atoms with E-state index in [1.54, 1.807) is 0 Å². The lowest BCUT2D eigenvalue weighted by Gasteiger charge is -2.07. The number of hydrogen-bond donors (Lipinski definition) is 1. The number of hydrogen-bond acceptors (Lipinski definition) is 1. The maximum atomic E-state index is 13.1. The number of amides is 1. The van der Waals surface area contributed by atoms with Crippen LogP contribution in [0, 0.1) is 5.82 Å². The highest BCUT2D eigenvalue weighted by molar-refractivity contribution is 5.84. The summed E-state index contributed by atoms with van der Waals surface area (Å²) in [5.41, 5.74) is 3.48. The smallest absolute Gasteiger partial charge is 0.220 e. The minimum Gasteiger partial charge on any atom is -0.354 e. The van der Waals surface area contributed by atoms with Crippen molar-refractivity contribution in [1.29, 1.82) is 0 Å². The molecule has 3 aromatic rings. The van der Waals surface area contributed by atoms with Crippen LogP contribution < -0.4 is 5.32 Å². The van der Waals surface area contributed by atoms with Crippen molar-refractivity contribution in [3.05, 3.63) is 71.7 Å². The van der Waals surface area contributed by atoms with E-state index in [9.17, 15) is 9.18 Å². The van der Waals surface area contributed by atoms with Crippen LogP contribution in [0.3, 0.4) is 0 Å². The van der Waals surface area contributed by atoms with E-state index in [2.05, 4.69) is 28.2 Å². The van der Waals surface area contributed by atoms with Crippen molar-refractivity contribution in [2.45, 2.75) is 45.7 Å². The molecule has 3 nitrogen and oxygen atoms in total. The summed E-state index contributed by atoms with van der Waals surface area (Å²) < 4.78 is 15.3. The summed E-state index contributed by atoms with van der Waals surface area (Å²) in [4.78, 5) is 11.8. The molecule has 3 rings (SSSR count). The predicted molar refractivity (Wildman–Crippen MR) is 104 cm³/mol. The number of fused-ring (bicyclic) bond motifs is 1. The van der Waals surface area contributed by atoms with Crippen LogP contribution in [0.25, 0.3) is 10.9 Å². The summed E-state index contributed by atoms with van der Waals surface area (Å²) in [5.74, 6) is -0.110. The van der Waals surface area contributed by atoms with Gasteiger partial charge in [0.2, 0.25) is 5.91 Å². The van der Waals surface area contributed by atoms with E-state index >= 15 is 0 Å². The van der Waals surface area contributed by atoms with E-state index in [0.717, 1.165) is 18.4 Å². The second-order valence-corrected chi connectivity index (χ2v) is 7.00. The van der Waals surface area contributed by atoms with Crippen molar-refractivity contribution in [2.75, 3.05) is 0 Å². The van der Waals surface area contributed by atoms with Crippen LogP contribution in [0.1, 0.15) is 37.8 Å². The highest BCUT2D eigenvalue weighted by Crippen LogP contribution is 2.24. The lowest BCUT2D eigenvalue weighted by Crippen LogP contribution is -2.29. The summed E-state index contributed by atoms with van der Waals surface area (Å²) in [6, 6.07) is 15.1. The lowest BCUT2D eigenvalue weighted by atomic mass is 10.1. The molecule has 0 fully saturated rings. The largest absolute Gasteiger partial charge is 0.354 e. The highest BCUT2D eigenvalue weighted by atomic mass is 19.1. The maximum absolute atomic E-state index is 13.1. The SMILES string of the molecule is CC(C)NC(=O)CCCc1cn(Cc2ccc(F)cc2)c2ccccc12. The zero-order chi connectivity index (χ0) is 18.5. The molecule has 0 unspecified atom stereocenters. The van der Waals surface area contributed by atoms with E-state index in [1.807, 2.05) is 38.1 Å². The average Bonchev–Trinajstić information content (AvgIpc) is 2.94. The summed E-state index contributed by atoms with van der Waals surface area (Å²) in [6.07, 6.45) is 4.38. The number of halogens is 1. The van der Waals surface area contributed by atoms with Gasteiger partial charge in [-0.2, -0.15) is 0 Å². The Hall–Kier alpha value is -2.62. The van der Waals surface area contributed by atoms with Crippen molar-refractivity contribution < 1.29 is 9.18 Å². The Morgan fingerprint density at radius 1 is 1.12 bits per heavy atom. The third-order valence-corrected chi connectivity index (χ3v) is 4.44. The zero-order valence-corrected chi connectivity index (χ0v) is 15.3. The molecule has 136 valence electrons.